The number of methoxy groups -OCH3 is 1. The minimum atomic E-state index is -0.356. The number of nitrogens with zero attached hydrogens (tertiary/aromatic N) is 1. The Labute approximate surface area is 199 Å². The van der Waals surface area contributed by atoms with Gasteiger partial charge in [0.2, 0.25) is 0 Å². The van der Waals surface area contributed by atoms with E-state index in [4.69, 9.17) is 28.6 Å². The fourth-order valence-corrected chi connectivity index (χ4v) is 5.09. The van der Waals surface area contributed by atoms with Crippen LogP contribution >= 0.6 is 39.7 Å². The summed E-state index contributed by atoms with van der Waals surface area (Å²) in [5.41, 5.74) is 2.07. The monoisotopic (exact) mass is 517 g/mol. The first-order valence-electron chi connectivity index (χ1n) is 9.90. The standard InChI is InChI=1S/C23H21BrClN3O2S/c1-30-21-16(13-14-7-2-3-8-15(14)19(21)24)22(29)27-23(31)26-18-10-6-9-17(25)20(18)28-11-4-5-12-28/h2-3,6-10,13H,4-5,11-12H2,1H3,(H2,26,27,29,31). The number of fused-ring (bicyclic) bond motifs is 1. The minimum absolute atomic E-state index is 0.194. The summed E-state index contributed by atoms with van der Waals surface area (Å²) in [5.74, 6) is 0.102. The van der Waals surface area contributed by atoms with Crippen LogP contribution in [-0.2, 0) is 0 Å². The SMILES string of the molecule is COc1c(C(=O)NC(=S)Nc2cccc(Cl)c2N2CCCC2)cc2ccccc2c1Br. The van der Waals surface area contributed by atoms with Crippen LogP contribution < -0.4 is 20.3 Å². The normalized spacial score (nSPS) is 13.3. The number of hydrogen-bond acceptors (Lipinski definition) is 4. The Morgan fingerprint density at radius 2 is 1.90 bits per heavy atom. The molecule has 3 aromatic carbocycles. The number of para-hydroxylation sites is 1. The molecule has 31 heavy (non-hydrogen) atoms. The van der Waals surface area contributed by atoms with Crippen LogP contribution in [0.1, 0.15) is 23.2 Å². The molecule has 0 saturated carbocycles. The lowest BCUT2D eigenvalue weighted by Crippen LogP contribution is -2.35. The van der Waals surface area contributed by atoms with Crippen LogP contribution in [0.15, 0.2) is 53.0 Å². The molecule has 1 fully saturated rings. The van der Waals surface area contributed by atoms with E-state index in [1.54, 1.807) is 6.07 Å². The number of halogens is 2. The molecule has 4 rings (SSSR count). The van der Waals surface area contributed by atoms with Crippen molar-refractivity contribution in [3.05, 3.63) is 63.6 Å². The van der Waals surface area contributed by atoms with E-state index < -0.39 is 0 Å². The van der Waals surface area contributed by atoms with Crippen LogP contribution in [0.25, 0.3) is 10.8 Å². The number of thiocarbonyl (C=S) groups is 1. The first-order chi connectivity index (χ1) is 15.0. The largest absolute Gasteiger partial charge is 0.495 e. The highest BCUT2D eigenvalue weighted by molar-refractivity contribution is 9.10. The number of benzene rings is 3. The molecule has 0 unspecified atom stereocenters. The van der Waals surface area contributed by atoms with Crippen LogP contribution in [0.2, 0.25) is 5.02 Å². The first kappa shape index (κ1) is 21.9. The first-order valence-corrected chi connectivity index (χ1v) is 11.5. The summed E-state index contributed by atoms with van der Waals surface area (Å²) in [6.07, 6.45) is 2.25. The molecule has 1 heterocycles. The second kappa shape index (κ2) is 9.42. The van der Waals surface area contributed by atoms with Gasteiger partial charge in [-0.1, -0.05) is 41.9 Å². The zero-order chi connectivity index (χ0) is 22.0. The Bertz CT molecular complexity index is 1170. The molecule has 5 nitrogen and oxygen atoms in total. The van der Waals surface area contributed by atoms with Crippen molar-refractivity contribution in [2.75, 3.05) is 30.4 Å². The number of carbonyl (C=O) groups is 1. The van der Waals surface area contributed by atoms with E-state index in [9.17, 15) is 4.79 Å². The Morgan fingerprint density at radius 1 is 1.16 bits per heavy atom. The number of rotatable bonds is 4. The molecule has 160 valence electrons. The van der Waals surface area contributed by atoms with Gasteiger partial charge in [0.05, 0.1) is 33.5 Å². The Kier molecular flexibility index (Phi) is 6.65. The minimum Gasteiger partial charge on any atom is -0.495 e. The van der Waals surface area contributed by atoms with Gasteiger partial charge in [-0.05, 0) is 70.0 Å². The number of nitrogens with one attached hydrogen (secondary N) is 2. The summed E-state index contributed by atoms with van der Waals surface area (Å²) in [5, 5.41) is 8.64. The third kappa shape index (κ3) is 4.49. The number of hydrogen-bond donors (Lipinski definition) is 2. The van der Waals surface area contributed by atoms with Gasteiger partial charge < -0.3 is 15.0 Å². The second-order valence-electron chi connectivity index (χ2n) is 7.23. The van der Waals surface area contributed by atoms with Crippen molar-refractivity contribution in [1.29, 1.82) is 0 Å². The molecular formula is C23H21BrClN3O2S. The van der Waals surface area contributed by atoms with Crippen molar-refractivity contribution in [2.45, 2.75) is 12.8 Å². The van der Waals surface area contributed by atoms with Gasteiger partial charge in [-0.15, -0.1) is 0 Å². The van der Waals surface area contributed by atoms with Crippen molar-refractivity contribution in [1.82, 2.24) is 5.32 Å². The van der Waals surface area contributed by atoms with E-state index in [1.807, 2.05) is 42.5 Å². The molecule has 0 aromatic heterocycles. The van der Waals surface area contributed by atoms with Crippen molar-refractivity contribution in [2.24, 2.45) is 0 Å². The van der Waals surface area contributed by atoms with E-state index in [-0.39, 0.29) is 11.0 Å². The lowest BCUT2D eigenvalue weighted by molar-refractivity contribution is 0.0975. The maximum absolute atomic E-state index is 13.1. The van der Waals surface area contributed by atoms with Gasteiger partial charge in [0.25, 0.3) is 5.91 Å². The van der Waals surface area contributed by atoms with Crippen LogP contribution in [0.3, 0.4) is 0 Å². The molecule has 0 atom stereocenters. The molecule has 0 aliphatic carbocycles. The zero-order valence-electron chi connectivity index (χ0n) is 16.9. The van der Waals surface area contributed by atoms with Crippen LogP contribution in [0.4, 0.5) is 11.4 Å². The molecule has 8 heteroatoms. The van der Waals surface area contributed by atoms with Gasteiger partial charge in [0, 0.05) is 13.1 Å². The summed E-state index contributed by atoms with van der Waals surface area (Å²) < 4.78 is 6.24. The van der Waals surface area contributed by atoms with Gasteiger partial charge in [-0.25, -0.2) is 0 Å². The number of carbonyl (C=O) groups excluding carboxylic acids is 1. The average Bonchev–Trinajstić information content (AvgIpc) is 3.28. The van der Waals surface area contributed by atoms with Crippen molar-refractivity contribution in [3.8, 4) is 5.75 Å². The zero-order valence-corrected chi connectivity index (χ0v) is 20.0. The van der Waals surface area contributed by atoms with E-state index in [2.05, 4.69) is 31.5 Å². The summed E-state index contributed by atoms with van der Waals surface area (Å²) in [4.78, 5) is 15.3. The quantitative estimate of drug-likeness (QED) is 0.416. The van der Waals surface area contributed by atoms with Gasteiger partial charge in [-0.2, -0.15) is 0 Å². The smallest absolute Gasteiger partial charge is 0.261 e. The molecule has 1 aliphatic heterocycles. The van der Waals surface area contributed by atoms with Gasteiger partial charge in [0.1, 0.15) is 5.75 Å². The van der Waals surface area contributed by atoms with Crippen LogP contribution in [0.5, 0.6) is 5.75 Å². The molecule has 1 aliphatic rings. The number of ether oxygens (including phenoxy) is 1. The van der Waals surface area contributed by atoms with E-state index in [0.29, 0.717) is 16.3 Å². The Balaban J connectivity index is 1.58. The molecule has 0 spiro atoms. The maximum Gasteiger partial charge on any atom is 0.261 e. The summed E-state index contributed by atoms with van der Waals surface area (Å²) in [6.45, 7) is 1.89. The fraction of sp³-hybridized carbons (Fsp3) is 0.217. The maximum atomic E-state index is 13.1. The molecule has 0 radical (unpaired) electrons. The van der Waals surface area contributed by atoms with Crippen LogP contribution in [-0.4, -0.2) is 31.2 Å². The van der Waals surface area contributed by atoms with Crippen molar-refractivity contribution in [3.63, 3.8) is 0 Å². The molecule has 1 amide bonds. The van der Waals surface area contributed by atoms with E-state index >= 15 is 0 Å². The van der Waals surface area contributed by atoms with Gasteiger partial charge >= 0.3 is 0 Å². The molecule has 3 aromatic rings. The molecule has 0 bridgehead atoms. The van der Waals surface area contributed by atoms with Gasteiger partial charge in [-0.3, -0.25) is 10.1 Å². The third-order valence-corrected chi connectivity index (χ3v) is 6.57. The second-order valence-corrected chi connectivity index (χ2v) is 8.84. The highest BCUT2D eigenvalue weighted by Gasteiger charge is 2.21. The molecule has 2 N–H and O–H groups in total. The Hall–Kier alpha value is -2.35. The van der Waals surface area contributed by atoms with Crippen molar-refractivity contribution < 1.29 is 9.53 Å². The van der Waals surface area contributed by atoms with E-state index in [1.165, 1.54) is 7.11 Å². The molecule has 1 saturated heterocycles. The van der Waals surface area contributed by atoms with Crippen LogP contribution in [0, 0.1) is 0 Å². The molecular weight excluding hydrogens is 498 g/mol. The summed E-state index contributed by atoms with van der Waals surface area (Å²) in [6, 6.07) is 15.2. The summed E-state index contributed by atoms with van der Waals surface area (Å²) in [7, 11) is 1.54. The van der Waals surface area contributed by atoms with Crippen molar-refractivity contribution >= 4 is 72.9 Å². The van der Waals surface area contributed by atoms with Gasteiger partial charge in [0.15, 0.2) is 5.11 Å². The highest BCUT2D eigenvalue weighted by Crippen LogP contribution is 2.37. The summed E-state index contributed by atoms with van der Waals surface area (Å²) >= 11 is 15.5. The average molecular weight is 519 g/mol. The predicted octanol–water partition coefficient (Wildman–Crippen LogP) is 5.99. The lowest BCUT2D eigenvalue weighted by atomic mass is 10.1. The topological polar surface area (TPSA) is 53.6 Å². The Morgan fingerprint density at radius 3 is 2.65 bits per heavy atom. The third-order valence-electron chi connectivity index (χ3n) is 5.27. The highest BCUT2D eigenvalue weighted by atomic mass is 79.9. The number of anilines is 2. The van der Waals surface area contributed by atoms with E-state index in [0.717, 1.165) is 52.6 Å². The number of amides is 1. The fourth-order valence-electron chi connectivity index (χ4n) is 3.85. The predicted molar refractivity (Wildman–Crippen MR) is 135 cm³/mol. The lowest BCUT2D eigenvalue weighted by Gasteiger charge is -2.23.